The summed E-state index contributed by atoms with van der Waals surface area (Å²) in [7, 11) is 1.66. The molecule has 2 atom stereocenters. The van der Waals surface area contributed by atoms with E-state index in [0.29, 0.717) is 29.9 Å². The van der Waals surface area contributed by atoms with Crippen LogP contribution in [0.4, 0.5) is 5.69 Å². The third-order valence-corrected chi connectivity index (χ3v) is 8.39. The van der Waals surface area contributed by atoms with Gasteiger partial charge in [0.1, 0.15) is 6.61 Å². The molecule has 1 N–H and O–H groups in total. The molecular formula is C33H42N2O3. The highest BCUT2D eigenvalue weighted by Gasteiger charge is 2.28. The summed E-state index contributed by atoms with van der Waals surface area (Å²) in [5.74, 6) is 2.17. The fourth-order valence-corrected chi connectivity index (χ4v) is 6.17. The zero-order valence-electron chi connectivity index (χ0n) is 23.0. The quantitative estimate of drug-likeness (QED) is 0.384. The van der Waals surface area contributed by atoms with Gasteiger partial charge in [0, 0.05) is 29.8 Å². The number of nitrogens with one attached hydrogen (secondary N) is 1. The second kappa shape index (κ2) is 12.7. The van der Waals surface area contributed by atoms with E-state index in [9.17, 15) is 4.79 Å². The highest BCUT2D eigenvalue weighted by Crippen LogP contribution is 2.40. The van der Waals surface area contributed by atoms with Crippen molar-refractivity contribution in [2.45, 2.75) is 64.2 Å². The molecule has 38 heavy (non-hydrogen) atoms. The molecule has 2 unspecified atom stereocenters. The van der Waals surface area contributed by atoms with Gasteiger partial charge in [-0.3, -0.25) is 9.69 Å². The summed E-state index contributed by atoms with van der Waals surface area (Å²) in [5, 5.41) is 3.18. The number of carbonyl (C=O) groups excluding carboxylic acids is 1. The summed E-state index contributed by atoms with van der Waals surface area (Å²) in [4.78, 5) is 16.0. The normalized spacial score (nSPS) is 21.9. The van der Waals surface area contributed by atoms with Gasteiger partial charge >= 0.3 is 0 Å². The molecule has 1 amide bonds. The first-order valence-corrected chi connectivity index (χ1v) is 14.4. The maximum atomic E-state index is 13.5. The first-order chi connectivity index (χ1) is 18.6. The average molecular weight is 515 g/mol. The van der Waals surface area contributed by atoms with Gasteiger partial charge in [0.15, 0.2) is 11.5 Å². The number of hydrogen-bond donors (Lipinski definition) is 1. The lowest BCUT2D eigenvalue weighted by Crippen LogP contribution is -2.33. The number of fused-ring (bicyclic) bond motifs is 1. The predicted octanol–water partition coefficient (Wildman–Crippen LogP) is 7.04. The average Bonchev–Trinajstić information content (AvgIpc) is 3.17. The number of hydrogen-bond acceptors (Lipinski definition) is 4. The van der Waals surface area contributed by atoms with Crippen LogP contribution in [0.2, 0.25) is 0 Å². The minimum atomic E-state index is 0.0244. The molecule has 1 fully saturated rings. The Morgan fingerprint density at radius 1 is 0.921 bits per heavy atom. The molecule has 0 bridgehead atoms. The number of benzene rings is 2. The number of likely N-dealkylation sites (tertiary alicyclic amines) is 1. The third kappa shape index (κ3) is 6.50. The Bertz CT molecular complexity index is 1160. The van der Waals surface area contributed by atoms with Crippen LogP contribution in [0.5, 0.6) is 11.5 Å². The second-order valence-electron chi connectivity index (χ2n) is 11.0. The minimum absolute atomic E-state index is 0.0244. The minimum Gasteiger partial charge on any atom is -0.493 e. The summed E-state index contributed by atoms with van der Waals surface area (Å²) in [6, 6.07) is 14.6. The molecule has 5 heteroatoms. The van der Waals surface area contributed by atoms with Gasteiger partial charge in [0.2, 0.25) is 0 Å². The van der Waals surface area contributed by atoms with Crippen LogP contribution in [0.25, 0.3) is 0 Å². The molecule has 1 aliphatic heterocycles. The highest BCUT2D eigenvalue weighted by molar-refractivity contribution is 6.04. The molecule has 1 saturated heterocycles. The Hall–Kier alpha value is -3.05. The number of rotatable bonds is 8. The molecular weight excluding hydrogens is 472 g/mol. The molecule has 1 heterocycles. The van der Waals surface area contributed by atoms with E-state index in [1.165, 1.54) is 36.0 Å². The van der Waals surface area contributed by atoms with Crippen molar-refractivity contribution in [3.05, 3.63) is 76.9 Å². The van der Waals surface area contributed by atoms with Crippen molar-refractivity contribution in [3.63, 3.8) is 0 Å². The molecule has 5 nitrogen and oxygen atoms in total. The van der Waals surface area contributed by atoms with E-state index in [2.05, 4.69) is 53.6 Å². The molecule has 3 aliphatic rings. The van der Waals surface area contributed by atoms with Gasteiger partial charge in [-0.1, -0.05) is 54.0 Å². The van der Waals surface area contributed by atoms with Crippen molar-refractivity contribution < 1.29 is 14.3 Å². The number of amides is 1. The number of carbonyl (C=O) groups is 1. The van der Waals surface area contributed by atoms with Gasteiger partial charge in [-0.2, -0.15) is 0 Å². The number of allylic oxidation sites excluding steroid dienone is 3. The lowest BCUT2D eigenvalue weighted by Gasteiger charge is -2.26. The summed E-state index contributed by atoms with van der Waals surface area (Å²) in [6.07, 6.45) is 13.6. The summed E-state index contributed by atoms with van der Waals surface area (Å²) < 4.78 is 11.7. The lowest BCUT2D eigenvalue weighted by atomic mass is 9.80. The van der Waals surface area contributed by atoms with Crippen LogP contribution in [0.15, 0.2) is 65.8 Å². The maximum absolute atomic E-state index is 13.5. The van der Waals surface area contributed by atoms with Crippen LogP contribution in [0.1, 0.15) is 68.4 Å². The maximum Gasteiger partial charge on any atom is 0.251 e. The Labute approximate surface area is 227 Å². The Kier molecular flexibility index (Phi) is 8.85. The van der Waals surface area contributed by atoms with E-state index in [1.807, 2.05) is 18.2 Å². The van der Waals surface area contributed by atoms with Crippen LogP contribution >= 0.6 is 0 Å². The van der Waals surface area contributed by atoms with Crippen molar-refractivity contribution >= 4 is 11.6 Å². The molecule has 0 saturated carbocycles. The Balaban J connectivity index is 1.26. The standard InChI is InChI=1S/C33H42N2O3/c1-24-9-11-25(12-10-24)26-13-14-27-7-6-8-30(29(27)17-15-26)33(36)34-28-16-18-31(37-2)32(23-28)38-22-21-35-19-4-3-5-20-35/h9-14,16,18,23,26-27H,3-8,15,17,19-22H2,1-2H3,(H,34,36). The topological polar surface area (TPSA) is 50.8 Å². The second-order valence-corrected chi connectivity index (χ2v) is 11.0. The third-order valence-electron chi connectivity index (χ3n) is 8.39. The molecule has 202 valence electrons. The van der Waals surface area contributed by atoms with Crippen molar-refractivity contribution in [2.75, 3.05) is 38.7 Å². The smallest absolute Gasteiger partial charge is 0.251 e. The number of ether oxygens (including phenoxy) is 2. The summed E-state index contributed by atoms with van der Waals surface area (Å²) in [5.41, 5.74) is 5.70. The number of aryl methyl sites for hydroxylation is 1. The van der Waals surface area contributed by atoms with Gasteiger partial charge < -0.3 is 14.8 Å². The zero-order valence-corrected chi connectivity index (χ0v) is 23.0. The number of methoxy groups -OCH3 is 1. The van der Waals surface area contributed by atoms with Crippen LogP contribution in [0, 0.1) is 12.8 Å². The molecule has 2 aromatic rings. The van der Waals surface area contributed by atoms with E-state index in [-0.39, 0.29) is 5.91 Å². The van der Waals surface area contributed by atoms with E-state index in [1.54, 1.807) is 7.11 Å². The molecule has 0 aromatic heterocycles. The van der Waals surface area contributed by atoms with Gasteiger partial charge in [0.05, 0.1) is 7.11 Å². The zero-order chi connectivity index (χ0) is 26.3. The van der Waals surface area contributed by atoms with Crippen LogP contribution < -0.4 is 14.8 Å². The van der Waals surface area contributed by atoms with Crippen molar-refractivity contribution in [1.82, 2.24) is 4.90 Å². The van der Waals surface area contributed by atoms with Gasteiger partial charge in [-0.15, -0.1) is 0 Å². The molecule has 0 radical (unpaired) electrons. The van der Waals surface area contributed by atoms with Gasteiger partial charge in [0.25, 0.3) is 5.91 Å². The number of piperidine rings is 1. The van der Waals surface area contributed by atoms with E-state index < -0.39 is 0 Å². The largest absolute Gasteiger partial charge is 0.493 e. The van der Waals surface area contributed by atoms with Crippen LogP contribution in [-0.4, -0.2) is 44.2 Å². The van der Waals surface area contributed by atoms with Crippen molar-refractivity contribution in [1.29, 1.82) is 0 Å². The molecule has 2 aromatic carbocycles. The summed E-state index contributed by atoms with van der Waals surface area (Å²) >= 11 is 0. The fourth-order valence-electron chi connectivity index (χ4n) is 6.17. The monoisotopic (exact) mass is 514 g/mol. The number of anilines is 1. The first-order valence-electron chi connectivity index (χ1n) is 14.4. The molecule has 2 aliphatic carbocycles. The highest BCUT2D eigenvalue weighted by atomic mass is 16.5. The van der Waals surface area contributed by atoms with Gasteiger partial charge in [-0.25, -0.2) is 0 Å². The van der Waals surface area contributed by atoms with E-state index in [4.69, 9.17) is 9.47 Å². The van der Waals surface area contributed by atoms with Crippen LogP contribution in [-0.2, 0) is 4.79 Å². The van der Waals surface area contributed by atoms with Crippen molar-refractivity contribution in [3.8, 4) is 11.5 Å². The summed E-state index contributed by atoms with van der Waals surface area (Å²) in [6.45, 7) is 5.95. The van der Waals surface area contributed by atoms with Gasteiger partial charge in [-0.05, 0) is 88.6 Å². The SMILES string of the molecule is COc1ccc(NC(=O)C2=C3CCC(c4ccc(C)cc4)C=CC3CCC2)cc1OCCN1CCCCC1. The first kappa shape index (κ1) is 26.6. The lowest BCUT2D eigenvalue weighted by molar-refractivity contribution is -0.113. The fraction of sp³-hybridized carbons (Fsp3) is 0.485. The Morgan fingerprint density at radius 3 is 2.50 bits per heavy atom. The van der Waals surface area contributed by atoms with Crippen molar-refractivity contribution in [2.24, 2.45) is 5.92 Å². The Morgan fingerprint density at radius 2 is 1.71 bits per heavy atom. The van der Waals surface area contributed by atoms with E-state index in [0.717, 1.165) is 63.0 Å². The predicted molar refractivity (Wildman–Crippen MR) is 154 cm³/mol. The van der Waals surface area contributed by atoms with Crippen LogP contribution in [0.3, 0.4) is 0 Å². The van der Waals surface area contributed by atoms with E-state index >= 15 is 0 Å². The molecule has 5 rings (SSSR count). The molecule has 0 spiro atoms. The number of nitrogens with zero attached hydrogens (tertiary/aromatic N) is 1.